The van der Waals surface area contributed by atoms with Gasteiger partial charge in [-0.15, -0.1) is 5.10 Å². The molecule has 51 heavy (non-hydrogen) atoms. The number of halogens is 4. The third kappa shape index (κ3) is 7.92. The average molecular weight is 727 g/mol. The van der Waals surface area contributed by atoms with Gasteiger partial charge in [0.15, 0.2) is 5.69 Å². The van der Waals surface area contributed by atoms with Crippen molar-refractivity contribution in [1.82, 2.24) is 34.8 Å². The van der Waals surface area contributed by atoms with Crippen molar-refractivity contribution < 1.29 is 32.2 Å². The summed E-state index contributed by atoms with van der Waals surface area (Å²) in [4.78, 5) is 45.3. The Morgan fingerprint density at radius 3 is 2.57 bits per heavy atom. The smallest absolute Gasteiger partial charge is 0.436 e. The Kier molecular flexibility index (Phi) is 10.5. The van der Waals surface area contributed by atoms with Gasteiger partial charge in [-0.2, -0.15) is 13.2 Å². The van der Waals surface area contributed by atoms with E-state index in [2.05, 4.69) is 30.8 Å². The van der Waals surface area contributed by atoms with E-state index in [1.54, 1.807) is 31.2 Å². The number of morpholine rings is 1. The van der Waals surface area contributed by atoms with Crippen LogP contribution in [-0.4, -0.2) is 87.8 Å². The number of nitrogens with one attached hydrogen (secondary N) is 3. The highest BCUT2D eigenvalue weighted by Crippen LogP contribution is 2.36. The Morgan fingerprint density at radius 2 is 1.86 bits per heavy atom. The minimum atomic E-state index is -4.71. The molecule has 1 aliphatic rings. The predicted octanol–water partition coefficient (Wildman–Crippen LogP) is 4.91. The summed E-state index contributed by atoms with van der Waals surface area (Å²) in [6, 6.07) is 11.5. The summed E-state index contributed by atoms with van der Waals surface area (Å²) < 4.78 is 52.9. The van der Waals surface area contributed by atoms with Crippen LogP contribution in [0.2, 0.25) is 5.02 Å². The maximum atomic E-state index is 13.6. The summed E-state index contributed by atoms with van der Waals surface area (Å²) in [6.45, 7) is 5.98. The fourth-order valence-electron chi connectivity index (χ4n) is 5.89. The molecule has 0 radical (unpaired) electrons. The molecular formula is C34H34ClF3N8O5. The topological polar surface area (TPSA) is 148 Å². The van der Waals surface area contributed by atoms with Gasteiger partial charge in [0.05, 0.1) is 38.4 Å². The first kappa shape index (κ1) is 35.6. The molecule has 0 unspecified atom stereocenters. The van der Waals surface area contributed by atoms with E-state index in [-0.39, 0.29) is 39.9 Å². The fraction of sp³-hybridized carbons (Fsp3) is 0.324. The van der Waals surface area contributed by atoms with Gasteiger partial charge in [0.2, 0.25) is 5.91 Å². The number of fused-ring (bicyclic) bond motifs is 1. The average Bonchev–Trinajstić information content (AvgIpc) is 3.78. The summed E-state index contributed by atoms with van der Waals surface area (Å²) in [5.41, 5.74) is 0.410. The number of carbonyl (C=O) groups is 2. The molecule has 13 nitrogen and oxygen atoms in total. The van der Waals surface area contributed by atoms with Gasteiger partial charge in [0, 0.05) is 65.0 Å². The summed E-state index contributed by atoms with van der Waals surface area (Å²) >= 11 is 6.26. The first-order chi connectivity index (χ1) is 24.4. The zero-order chi connectivity index (χ0) is 36.3. The quantitative estimate of drug-likeness (QED) is 0.174. The molecule has 3 aromatic heterocycles. The highest BCUT2D eigenvalue weighted by molar-refractivity contribution is 6.31. The largest absolute Gasteiger partial charge is 0.495 e. The molecule has 1 fully saturated rings. The van der Waals surface area contributed by atoms with E-state index >= 15 is 0 Å². The number of hydrogen-bond acceptors (Lipinski definition) is 8. The van der Waals surface area contributed by atoms with Gasteiger partial charge in [-0.3, -0.25) is 23.9 Å². The molecule has 0 saturated carbocycles. The Hall–Kier alpha value is -5.19. The molecule has 0 aliphatic carbocycles. The van der Waals surface area contributed by atoms with Crippen LogP contribution in [-0.2, 0) is 15.7 Å². The number of alkyl halides is 3. The van der Waals surface area contributed by atoms with E-state index < -0.39 is 29.4 Å². The van der Waals surface area contributed by atoms with Crippen molar-refractivity contribution >= 4 is 40.0 Å². The number of ether oxygens (including phenoxy) is 2. The number of amides is 2. The van der Waals surface area contributed by atoms with Crippen molar-refractivity contribution in [3.8, 4) is 22.6 Å². The molecule has 0 bridgehead atoms. The second-order valence-corrected chi connectivity index (χ2v) is 12.3. The minimum absolute atomic E-state index is 0.157. The lowest BCUT2D eigenvalue weighted by molar-refractivity contribution is -0.141. The zero-order valence-corrected chi connectivity index (χ0v) is 28.3. The van der Waals surface area contributed by atoms with Crippen LogP contribution in [0.4, 0.5) is 18.9 Å². The molecule has 2 amide bonds. The van der Waals surface area contributed by atoms with Gasteiger partial charge >= 0.3 is 6.18 Å². The normalized spacial score (nSPS) is 14.4. The molecule has 0 spiro atoms. The van der Waals surface area contributed by atoms with Crippen LogP contribution in [0.5, 0.6) is 5.75 Å². The van der Waals surface area contributed by atoms with Crippen molar-refractivity contribution in [2.24, 2.45) is 0 Å². The molecule has 1 saturated heterocycles. The molecule has 1 atom stereocenters. The van der Waals surface area contributed by atoms with Crippen molar-refractivity contribution in [3.05, 3.63) is 87.7 Å². The van der Waals surface area contributed by atoms with Gasteiger partial charge in [-0.1, -0.05) is 23.7 Å². The van der Waals surface area contributed by atoms with Gasteiger partial charge in [0.1, 0.15) is 17.5 Å². The SMILES string of the molecule is CC[C@@H](C(=O)Nc1ccc2[nH]c(C(=O)NCCN3CCOCC3)cc2c1)n1cc(OC)c(-c2cc(Cl)ccc2-n2cc(C(F)(F)F)nn2)cc1=O. The summed E-state index contributed by atoms with van der Waals surface area (Å²) in [5.74, 6) is -0.564. The maximum absolute atomic E-state index is 13.6. The molecule has 6 rings (SSSR count). The summed E-state index contributed by atoms with van der Waals surface area (Å²) in [6.07, 6.45) is -2.38. The zero-order valence-electron chi connectivity index (χ0n) is 27.6. The number of aromatic nitrogens is 5. The number of aromatic amines is 1. The van der Waals surface area contributed by atoms with Gasteiger partial charge < -0.3 is 25.1 Å². The minimum Gasteiger partial charge on any atom is -0.495 e. The number of pyridine rings is 1. The number of anilines is 1. The van der Waals surface area contributed by atoms with Crippen LogP contribution in [0, 0.1) is 0 Å². The number of nitrogens with zero attached hydrogens (tertiary/aromatic N) is 5. The molecule has 268 valence electrons. The van der Waals surface area contributed by atoms with Crippen LogP contribution < -0.4 is 20.9 Å². The fourth-order valence-corrected chi connectivity index (χ4v) is 6.07. The second kappa shape index (κ2) is 15.0. The highest BCUT2D eigenvalue weighted by Gasteiger charge is 2.35. The third-order valence-electron chi connectivity index (χ3n) is 8.52. The number of methoxy groups -OCH3 is 1. The van der Waals surface area contributed by atoms with Crippen LogP contribution in [0.3, 0.4) is 0 Å². The summed E-state index contributed by atoms with van der Waals surface area (Å²) in [5, 5.41) is 13.6. The molecule has 1 aliphatic heterocycles. The monoisotopic (exact) mass is 726 g/mol. The molecule has 5 aromatic rings. The van der Waals surface area contributed by atoms with E-state index in [1.165, 1.54) is 42.1 Å². The van der Waals surface area contributed by atoms with Crippen molar-refractivity contribution in [2.75, 3.05) is 51.8 Å². The van der Waals surface area contributed by atoms with Crippen molar-refractivity contribution in [2.45, 2.75) is 25.6 Å². The van der Waals surface area contributed by atoms with E-state index in [4.69, 9.17) is 21.1 Å². The van der Waals surface area contributed by atoms with Crippen LogP contribution >= 0.6 is 11.6 Å². The molecule has 2 aromatic carbocycles. The molecule has 3 N–H and O–H groups in total. The lowest BCUT2D eigenvalue weighted by Crippen LogP contribution is -2.41. The van der Waals surface area contributed by atoms with E-state index in [1.807, 2.05) is 0 Å². The Labute approximate surface area is 294 Å². The van der Waals surface area contributed by atoms with E-state index in [9.17, 15) is 27.6 Å². The predicted molar refractivity (Wildman–Crippen MR) is 183 cm³/mol. The number of benzene rings is 2. The van der Waals surface area contributed by atoms with Crippen LogP contribution in [0.25, 0.3) is 27.7 Å². The first-order valence-electron chi connectivity index (χ1n) is 16.1. The lowest BCUT2D eigenvalue weighted by Gasteiger charge is -2.26. The number of rotatable bonds is 11. The van der Waals surface area contributed by atoms with Gasteiger partial charge in [-0.25, -0.2) is 4.68 Å². The number of hydrogen-bond donors (Lipinski definition) is 3. The van der Waals surface area contributed by atoms with Crippen molar-refractivity contribution in [3.63, 3.8) is 0 Å². The van der Waals surface area contributed by atoms with Gasteiger partial charge in [-0.05, 0) is 48.9 Å². The maximum Gasteiger partial charge on any atom is 0.436 e. The van der Waals surface area contributed by atoms with Crippen LogP contribution in [0.15, 0.2) is 65.7 Å². The summed E-state index contributed by atoms with van der Waals surface area (Å²) in [7, 11) is 1.36. The van der Waals surface area contributed by atoms with Crippen LogP contribution in [0.1, 0.15) is 35.6 Å². The molecule has 17 heteroatoms. The van der Waals surface area contributed by atoms with Gasteiger partial charge in [0.25, 0.3) is 11.5 Å². The number of H-pyrrole nitrogens is 1. The lowest BCUT2D eigenvalue weighted by atomic mass is 10.0. The molecular weight excluding hydrogens is 693 g/mol. The standard InChI is InChI=1S/C34H34ClF3N8O5/c1-3-27(33(49)40-22-5-6-25-20(14-22)15-26(41-25)32(48)39-8-9-44-10-12-51-13-11-44)45-18-29(50-2)24(17-31(45)47)23-16-21(35)4-7-28(23)46-19-30(42-43-46)34(36,37)38/h4-7,14-19,27,41H,3,8-13H2,1-2H3,(H,39,48)(H,40,49)/t27-/m0/s1. The van der Waals surface area contributed by atoms with Crippen molar-refractivity contribution in [1.29, 1.82) is 0 Å². The Balaban J connectivity index is 1.21. The second-order valence-electron chi connectivity index (χ2n) is 11.8. The Morgan fingerprint density at radius 1 is 1.08 bits per heavy atom. The third-order valence-corrected chi connectivity index (χ3v) is 8.75. The molecule has 4 heterocycles. The van der Waals surface area contributed by atoms with E-state index in [0.717, 1.165) is 30.5 Å². The Bertz CT molecular complexity index is 2120. The number of carbonyl (C=O) groups excluding carboxylic acids is 2. The first-order valence-corrected chi connectivity index (χ1v) is 16.4. The highest BCUT2D eigenvalue weighted by atomic mass is 35.5. The van der Waals surface area contributed by atoms with E-state index in [0.29, 0.717) is 42.0 Å².